The molecule has 0 atom stereocenters. The maximum atomic E-state index is 12.6. The van der Waals surface area contributed by atoms with Crippen LogP contribution in [-0.2, 0) is 27.4 Å². The lowest BCUT2D eigenvalue weighted by molar-refractivity contribution is -0.144. The summed E-state index contributed by atoms with van der Waals surface area (Å²) in [6.45, 7) is 2.67. The highest BCUT2D eigenvalue weighted by atomic mass is 16.5. The molecule has 36 heavy (non-hydrogen) atoms. The van der Waals surface area contributed by atoms with Gasteiger partial charge in [-0.1, -0.05) is 108 Å². The lowest BCUT2D eigenvalue weighted by Crippen LogP contribution is -2.37. The van der Waals surface area contributed by atoms with Gasteiger partial charge in [0.25, 0.3) is 0 Å². The van der Waals surface area contributed by atoms with Crippen LogP contribution in [0.3, 0.4) is 0 Å². The SMILES string of the molecule is CCCCCCCCCCCCCC(=O)OCN1C(=O)CCc2ccc(OCc3ccccc3)cc21. The number of nitrogens with zero attached hydrogens (tertiary/aromatic N) is 1. The molecule has 1 aliphatic heterocycles. The molecule has 0 radical (unpaired) electrons. The van der Waals surface area contributed by atoms with Gasteiger partial charge in [0.05, 0.1) is 5.69 Å². The van der Waals surface area contributed by atoms with E-state index in [1.807, 2.05) is 48.5 Å². The first-order chi connectivity index (χ1) is 17.7. The zero-order valence-electron chi connectivity index (χ0n) is 22.0. The zero-order chi connectivity index (χ0) is 25.4. The van der Waals surface area contributed by atoms with Crippen molar-refractivity contribution in [3.63, 3.8) is 0 Å². The highest BCUT2D eigenvalue weighted by molar-refractivity contribution is 5.96. The maximum Gasteiger partial charge on any atom is 0.307 e. The van der Waals surface area contributed by atoms with Crippen LogP contribution in [0.5, 0.6) is 5.75 Å². The van der Waals surface area contributed by atoms with Gasteiger partial charge in [-0.15, -0.1) is 0 Å². The molecule has 5 heteroatoms. The van der Waals surface area contributed by atoms with E-state index in [1.165, 1.54) is 57.8 Å². The van der Waals surface area contributed by atoms with Crippen molar-refractivity contribution < 1.29 is 19.1 Å². The summed E-state index contributed by atoms with van der Waals surface area (Å²) in [6, 6.07) is 15.8. The molecule has 0 spiro atoms. The van der Waals surface area contributed by atoms with E-state index in [9.17, 15) is 9.59 Å². The van der Waals surface area contributed by atoms with Gasteiger partial charge >= 0.3 is 5.97 Å². The highest BCUT2D eigenvalue weighted by Gasteiger charge is 2.25. The molecule has 2 aromatic rings. The first-order valence-corrected chi connectivity index (χ1v) is 13.9. The molecule has 0 saturated carbocycles. The van der Waals surface area contributed by atoms with E-state index in [2.05, 4.69) is 6.92 Å². The molecule has 2 aromatic carbocycles. The van der Waals surface area contributed by atoms with Crippen LogP contribution in [0, 0.1) is 0 Å². The Kier molecular flexibility index (Phi) is 12.4. The molecule has 0 saturated heterocycles. The standard InChI is InChI=1S/C31H43NO4/c1-2-3-4-5-6-7-8-9-10-11-15-18-31(34)36-25-32-29-23-28(21-19-27(29)20-22-30(32)33)35-24-26-16-13-12-14-17-26/h12-14,16-17,19,21,23H,2-11,15,18,20,22,24-25H2,1H3. The number of carbonyl (C=O) groups excluding carboxylic acids is 2. The molecule has 0 bridgehead atoms. The van der Waals surface area contributed by atoms with Crippen LogP contribution in [0.25, 0.3) is 0 Å². The van der Waals surface area contributed by atoms with Crippen molar-refractivity contribution in [2.75, 3.05) is 11.6 Å². The summed E-state index contributed by atoms with van der Waals surface area (Å²) in [5, 5.41) is 0. The molecule has 0 fully saturated rings. The van der Waals surface area contributed by atoms with Crippen molar-refractivity contribution in [3.8, 4) is 5.75 Å². The van der Waals surface area contributed by atoms with E-state index < -0.39 is 0 Å². The van der Waals surface area contributed by atoms with Gasteiger partial charge < -0.3 is 9.47 Å². The molecule has 0 aliphatic carbocycles. The van der Waals surface area contributed by atoms with Crippen LogP contribution in [0.15, 0.2) is 48.5 Å². The second kappa shape index (κ2) is 16.0. The van der Waals surface area contributed by atoms with Gasteiger partial charge in [0, 0.05) is 18.9 Å². The molecule has 1 amide bonds. The molecular weight excluding hydrogens is 450 g/mol. The molecular formula is C31H43NO4. The van der Waals surface area contributed by atoms with Crippen LogP contribution in [0.1, 0.15) is 102 Å². The average Bonchev–Trinajstić information content (AvgIpc) is 2.90. The Morgan fingerprint density at radius 2 is 1.50 bits per heavy atom. The minimum atomic E-state index is -0.234. The summed E-state index contributed by atoms with van der Waals surface area (Å²) in [5.41, 5.74) is 2.93. The highest BCUT2D eigenvalue weighted by Crippen LogP contribution is 2.32. The molecule has 196 valence electrons. The third-order valence-electron chi connectivity index (χ3n) is 6.84. The van der Waals surface area contributed by atoms with Gasteiger partial charge in [0.1, 0.15) is 12.4 Å². The number of benzene rings is 2. The predicted molar refractivity (Wildman–Crippen MR) is 145 cm³/mol. The maximum absolute atomic E-state index is 12.6. The number of unbranched alkanes of at least 4 members (excludes halogenated alkanes) is 10. The number of amides is 1. The first-order valence-electron chi connectivity index (χ1n) is 13.9. The number of carbonyl (C=O) groups is 2. The largest absolute Gasteiger partial charge is 0.489 e. The predicted octanol–water partition coefficient (Wildman–Crippen LogP) is 7.75. The number of anilines is 1. The van der Waals surface area contributed by atoms with E-state index in [0.717, 1.165) is 29.7 Å². The van der Waals surface area contributed by atoms with Crippen LogP contribution in [0.2, 0.25) is 0 Å². The molecule has 1 heterocycles. The summed E-state index contributed by atoms with van der Waals surface area (Å²) in [5.74, 6) is 0.442. The number of aryl methyl sites for hydroxylation is 1. The van der Waals surface area contributed by atoms with Crippen molar-refractivity contribution in [1.29, 1.82) is 0 Å². The van der Waals surface area contributed by atoms with Crippen LogP contribution >= 0.6 is 0 Å². The lowest BCUT2D eigenvalue weighted by atomic mass is 10.0. The summed E-state index contributed by atoms with van der Waals surface area (Å²) in [7, 11) is 0. The number of rotatable bonds is 17. The number of ether oxygens (including phenoxy) is 2. The Hall–Kier alpha value is -2.82. The second-order valence-electron chi connectivity index (χ2n) is 9.82. The average molecular weight is 494 g/mol. The van der Waals surface area contributed by atoms with Gasteiger partial charge in [-0.3, -0.25) is 14.5 Å². The number of fused-ring (bicyclic) bond motifs is 1. The molecule has 3 rings (SSSR count). The monoisotopic (exact) mass is 493 g/mol. The molecule has 5 nitrogen and oxygen atoms in total. The summed E-state index contributed by atoms with van der Waals surface area (Å²) < 4.78 is 11.4. The second-order valence-corrected chi connectivity index (χ2v) is 9.82. The number of hydrogen-bond donors (Lipinski definition) is 0. The minimum Gasteiger partial charge on any atom is -0.489 e. The van der Waals surface area contributed by atoms with Crippen molar-refractivity contribution in [3.05, 3.63) is 59.7 Å². The van der Waals surface area contributed by atoms with Crippen LogP contribution < -0.4 is 9.64 Å². The van der Waals surface area contributed by atoms with Crippen molar-refractivity contribution in [2.45, 2.75) is 103 Å². The van der Waals surface area contributed by atoms with Gasteiger partial charge in [-0.2, -0.15) is 0 Å². The third-order valence-corrected chi connectivity index (χ3v) is 6.84. The van der Waals surface area contributed by atoms with E-state index in [-0.39, 0.29) is 18.6 Å². The molecule has 0 N–H and O–H groups in total. The fourth-order valence-corrected chi connectivity index (χ4v) is 4.63. The van der Waals surface area contributed by atoms with Gasteiger partial charge in [0.15, 0.2) is 6.73 Å². The Bertz CT molecular complexity index is 927. The quantitative estimate of drug-likeness (QED) is 0.167. The fourth-order valence-electron chi connectivity index (χ4n) is 4.63. The smallest absolute Gasteiger partial charge is 0.307 e. The number of esters is 1. The van der Waals surface area contributed by atoms with Crippen molar-refractivity contribution in [1.82, 2.24) is 0 Å². The normalized spacial score (nSPS) is 12.9. The Morgan fingerprint density at radius 1 is 0.833 bits per heavy atom. The van der Waals surface area contributed by atoms with E-state index in [0.29, 0.717) is 31.6 Å². The minimum absolute atomic E-state index is 0.0230. The lowest BCUT2D eigenvalue weighted by Gasteiger charge is -2.29. The van der Waals surface area contributed by atoms with Gasteiger partial charge in [-0.05, 0) is 30.0 Å². The summed E-state index contributed by atoms with van der Waals surface area (Å²) in [4.78, 5) is 26.5. The Morgan fingerprint density at radius 3 is 2.19 bits per heavy atom. The molecule has 1 aliphatic rings. The van der Waals surface area contributed by atoms with Crippen LogP contribution in [-0.4, -0.2) is 18.6 Å². The molecule has 0 unspecified atom stereocenters. The fraction of sp³-hybridized carbons (Fsp3) is 0.548. The number of hydrogen-bond acceptors (Lipinski definition) is 4. The summed E-state index contributed by atoms with van der Waals surface area (Å²) in [6.07, 6.45) is 15.2. The van der Waals surface area contributed by atoms with Crippen molar-refractivity contribution >= 4 is 17.6 Å². The van der Waals surface area contributed by atoms with Gasteiger partial charge in [-0.25, -0.2) is 0 Å². The Balaban J connectivity index is 1.36. The molecule has 0 aromatic heterocycles. The third kappa shape index (κ3) is 9.67. The zero-order valence-corrected chi connectivity index (χ0v) is 22.0. The first kappa shape index (κ1) is 27.8. The van der Waals surface area contributed by atoms with E-state index in [4.69, 9.17) is 9.47 Å². The van der Waals surface area contributed by atoms with Crippen molar-refractivity contribution in [2.24, 2.45) is 0 Å². The summed E-state index contributed by atoms with van der Waals surface area (Å²) >= 11 is 0. The topological polar surface area (TPSA) is 55.8 Å². The van der Waals surface area contributed by atoms with Gasteiger partial charge in [0.2, 0.25) is 5.91 Å². The van der Waals surface area contributed by atoms with E-state index in [1.54, 1.807) is 4.90 Å². The van der Waals surface area contributed by atoms with Crippen LogP contribution in [0.4, 0.5) is 5.69 Å². The Labute approximate surface area is 217 Å². The van der Waals surface area contributed by atoms with E-state index >= 15 is 0 Å².